The molecule has 7 nitrogen and oxygen atoms in total. The molecule has 7 heteroatoms. The summed E-state index contributed by atoms with van der Waals surface area (Å²) < 4.78 is 16.8. The zero-order valence-corrected chi connectivity index (χ0v) is 19.2. The minimum atomic E-state index is 0.711. The van der Waals surface area contributed by atoms with E-state index in [9.17, 15) is 0 Å². The van der Waals surface area contributed by atoms with E-state index in [4.69, 9.17) is 19.2 Å². The van der Waals surface area contributed by atoms with E-state index in [2.05, 4.69) is 51.7 Å². The maximum Gasteiger partial charge on any atom is 0.145 e. The maximum absolute atomic E-state index is 5.63. The van der Waals surface area contributed by atoms with Gasteiger partial charge in [0.2, 0.25) is 0 Å². The van der Waals surface area contributed by atoms with E-state index in [0.29, 0.717) is 13.2 Å². The third kappa shape index (κ3) is 4.34. The lowest BCUT2D eigenvalue weighted by molar-refractivity contribution is 0.122. The number of hydrogen-bond donors (Lipinski definition) is 2. The number of benzene rings is 2. The third-order valence-electron chi connectivity index (χ3n) is 6.28. The minimum absolute atomic E-state index is 0.711. The predicted molar refractivity (Wildman–Crippen MR) is 132 cm³/mol. The monoisotopic (exact) mass is 446 g/mol. The number of nitrogens with zero attached hydrogens (tertiary/aromatic N) is 2. The summed E-state index contributed by atoms with van der Waals surface area (Å²) in [6, 6.07) is 14.5. The van der Waals surface area contributed by atoms with Crippen molar-refractivity contribution >= 4 is 27.6 Å². The second kappa shape index (κ2) is 9.68. The van der Waals surface area contributed by atoms with Crippen LogP contribution in [0.15, 0.2) is 48.7 Å². The van der Waals surface area contributed by atoms with Crippen molar-refractivity contribution in [1.29, 1.82) is 0 Å². The topological polar surface area (TPSA) is 71.6 Å². The third-order valence-corrected chi connectivity index (χ3v) is 6.28. The molecule has 1 saturated heterocycles. The van der Waals surface area contributed by atoms with Crippen LogP contribution in [0.4, 0.5) is 5.82 Å². The molecule has 0 unspecified atom stereocenters. The molecule has 1 aliphatic rings. The molecule has 0 spiro atoms. The number of rotatable bonds is 8. The number of methoxy groups -OCH3 is 2. The first-order valence-electron chi connectivity index (χ1n) is 11.4. The van der Waals surface area contributed by atoms with Crippen LogP contribution in [0.2, 0.25) is 0 Å². The highest BCUT2D eigenvalue weighted by molar-refractivity contribution is 5.92. The second-order valence-corrected chi connectivity index (χ2v) is 8.22. The van der Waals surface area contributed by atoms with Crippen molar-refractivity contribution in [3.63, 3.8) is 0 Å². The molecular weight excluding hydrogens is 416 g/mol. The Morgan fingerprint density at radius 3 is 2.61 bits per heavy atom. The van der Waals surface area contributed by atoms with Crippen LogP contribution in [0.3, 0.4) is 0 Å². The molecule has 2 aromatic carbocycles. The fraction of sp³-hybridized carbons (Fsp3) is 0.346. The Balaban J connectivity index is 1.41. The summed E-state index contributed by atoms with van der Waals surface area (Å²) in [5.74, 6) is 2.53. The maximum atomic E-state index is 5.63. The molecule has 33 heavy (non-hydrogen) atoms. The summed E-state index contributed by atoms with van der Waals surface area (Å²) in [6.07, 6.45) is 3.06. The van der Waals surface area contributed by atoms with Gasteiger partial charge >= 0.3 is 0 Å². The molecule has 0 atom stereocenters. The van der Waals surface area contributed by atoms with Gasteiger partial charge in [0.25, 0.3) is 0 Å². The number of aromatic amines is 1. The van der Waals surface area contributed by atoms with Gasteiger partial charge in [-0.3, -0.25) is 0 Å². The van der Waals surface area contributed by atoms with Crippen molar-refractivity contribution in [2.24, 2.45) is 0 Å². The lowest BCUT2D eigenvalue weighted by Crippen LogP contribution is -2.37. The Bertz CT molecular complexity index is 1250. The number of nitrogens with one attached hydrogen (secondary N) is 2. The van der Waals surface area contributed by atoms with Gasteiger partial charge in [0.05, 0.1) is 27.4 Å². The van der Waals surface area contributed by atoms with Gasteiger partial charge in [0.1, 0.15) is 22.8 Å². The molecule has 2 aromatic heterocycles. The van der Waals surface area contributed by atoms with E-state index in [0.717, 1.165) is 66.4 Å². The summed E-state index contributed by atoms with van der Waals surface area (Å²) in [5, 5.41) is 5.88. The summed E-state index contributed by atoms with van der Waals surface area (Å²) in [6.45, 7) is 4.67. The van der Waals surface area contributed by atoms with Gasteiger partial charge in [0.15, 0.2) is 0 Å². The van der Waals surface area contributed by atoms with Crippen molar-refractivity contribution in [1.82, 2.24) is 15.3 Å². The van der Waals surface area contributed by atoms with E-state index in [1.54, 1.807) is 14.2 Å². The van der Waals surface area contributed by atoms with Crippen LogP contribution in [0.5, 0.6) is 11.5 Å². The summed E-state index contributed by atoms with van der Waals surface area (Å²) >= 11 is 0. The lowest BCUT2D eigenvalue weighted by atomic mass is 10.1. The Hall–Kier alpha value is -3.29. The molecule has 2 N–H and O–H groups in total. The van der Waals surface area contributed by atoms with E-state index in [1.165, 1.54) is 16.5 Å². The SMILES string of the molecule is COc1ccc(OC)c2nc(N3CCOCC3)c(CNCCc3c[nH]c4ccccc34)cc12. The number of para-hydroxylation sites is 1. The zero-order valence-electron chi connectivity index (χ0n) is 19.2. The van der Waals surface area contributed by atoms with Gasteiger partial charge in [-0.25, -0.2) is 4.98 Å². The van der Waals surface area contributed by atoms with E-state index in [-0.39, 0.29) is 0 Å². The zero-order chi connectivity index (χ0) is 22.6. The van der Waals surface area contributed by atoms with Crippen LogP contribution in [0.25, 0.3) is 21.8 Å². The fourth-order valence-electron chi connectivity index (χ4n) is 4.55. The highest BCUT2D eigenvalue weighted by Gasteiger charge is 2.20. The minimum Gasteiger partial charge on any atom is -0.496 e. The molecule has 3 heterocycles. The second-order valence-electron chi connectivity index (χ2n) is 8.22. The van der Waals surface area contributed by atoms with Crippen LogP contribution in [0.1, 0.15) is 11.1 Å². The quantitative estimate of drug-likeness (QED) is 0.400. The summed E-state index contributed by atoms with van der Waals surface area (Å²) in [7, 11) is 3.37. The average Bonchev–Trinajstić information content (AvgIpc) is 3.29. The van der Waals surface area contributed by atoms with E-state index in [1.807, 2.05) is 12.1 Å². The number of H-pyrrole nitrogens is 1. The number of morpholine rings is 1. The lowest BCUT2D eigenvalue weighted by Gasteiger charge is -2.30. The highest BCUT2D eigenvalue weighted by atomic mass is 16.5. The van der Waals surface area contributed by atoms with Crippen molar-refractivity contribution in [3.05, 3.63) is 59.8 Å². The van der Waals surface area contributed by atoms with Gasteiger partial charge in [-0.1, -0.05) is 18.2 Å². The van der Waals surface area contributed by atoms with Crippen molar-refractivity contribution in [3.8, 4) is 11.5 Å². The predicted octanol–water partition coefficient (Wildman–Crippen LogP) is 3.90. The fourth-order valence-corrected chi connectivity index (χ4v) is 4.55. The van der Waals surface area contributed by atoms with Gasteiger partial charge in [-0.05, 0) is 42.8 Å². The molecule has 4 aromatic rings. The normalized spacial score (nSPS) is 14.2. The average molecular weight is 447 g/mol. The Labute approximate surface area is 193 Å². The first-order chi connectivity index (χ1) is 16.3. The molecular formula is C26H30N4O3. The van der Waals surface area contributed by atoms with Crippen LogP contribution >= 0.6 is 0 Å². The van der Waals surface area contributed by atoms with Crippen LogP contribution in [-0.4, -0.2) is 57.0 Å². The molecule has 0 saturated carbocycles. The van der Waals surface area contributed by atoms with Gasteiger partial charge in [0, 0.05) is 47.7 Å². The highest BCUT2D eigenvalue weighted by Crippen LogP contribution is 2.35. The number of hydrogen-bond acceptors (Lipinski definition) is 6. The van der Waals surface area contributed by atoms with Crippen molar-refractivity contribution in [2.75, 3.05) is 52.0 Å². The largest absolute Gasteiger partial charge is 0.496 e. The first-order valence-corrected chi connectivity index (χ1v) is 11.4. The number of fused-ring (bicyclic) bond motifs is 2. The molecule has 0 amide bonds. The van der Waals surface area contributed by atoms with E-state index >= 15 is 0 Å². The molecule has 1 aliphatic heterocycles. The standard InChI is InChI=1S/C26H30N4O3/c1-31-23-7-8-24(32-2)25-21(23)15-19(26(29-25)30-11-13-33-14-12-30)16-27-10-9-18-17-28-22-6-4-3-5-20(18)22/h3-8,15,17,27-28H,9-14,16H2,1-2H3. The smallest absolute Gasteiger partial charge is 0.145 e. The first kappa shape index (κ1) is 21.6. The Morgan fingerprint density at radius 2 is 1.79 bits per heavy atom. The Morgan fingerprint density at radius 1 is 1.00 bits per heavy atom. The number of pyridine rings is 1. The summed E-state index contributed by atoms with van der Waals surface area (Å²) in [5.41, 5.74) is 4.48. The molecule has 5 rings (SSSR count). The number of anilines is 1. The molecule has 1 fully saturated rings. The van der Waals surface area contributed by atoms with Crippen LogP contribution in [0, 0.1) is 0 Å². The molecule has 0 aliphatic carbocycles. The van der Waals surface area contributed by atoms with Gasteiger partial charge in [-0.15, -0.1) is 0 Å². The number of ether oxygens (including phenoxy) is 3. The van der Waals surface area contributed by atoms with Gasteiger partial charge in [-0.2, -0.15) is 0 Å². The molecule has 0 radical (unpaired) electrons. The van der Waals surface area contributed by atoms with Crippen molar-refractivity contribution in [2.45, 2.75) is 13.0 Å². The van der Waals surface area contributed by atoms with E-state index < -0.39 is 0 Å². The van der Waals surface area contributed by atoms with Crippen LogP contribution in [-0.2, 0) is 17.7 Å². The number of aromatic nitrogens is 2. The van der Waals surface area contributed by atoms with Crippen molar-refractivity contribution < 1.29 is 14.2 Å². The molecule has 0 bridgehead atoms. The van der Waals surface area contributed by atoms with Gasteiger partial charge < -0.3 is 29.4 Å². The molecule has 172 valence electrons. The summed E-state index contributed by atoms with van der Waals surface area (Å²) in [4.78, 5) is 10.7. The Kier molecular flexibility index (Phi) is 6.32. The van der Waals surface area contributed by atoms with Crippen LogP contribution < -0.4 is 19.7 Å².